The van der Waals surface area contributed by atoms with Crippen LogP contribution in [0, 0.1) is 0 Å². The fourth-order valence-electron chi connectivity index (χ4n) is 0.784. The largest absolute Gasteiger partial charge is 0.464 e. The van der Waals surface area contributed by atoms with Crippen LogP contribution in [0.1, 0.15) is 13.8 Å². The fraction of sp³-hybridized carbons (Fsp3) is 0.750. The fourth-order valence-corrected chi connectivity index (χ4v) is 2.35. The highest BCUT2D eigenvalue weighted by Gasteiger charge is 2.39. The smallest absolute Gasteiger partial charge is 0.415 e. The summed E-state index contributed by atoms with van der Waals surface area (Å²) in [7, 11) is 0.111. The molecule has 0 aromatic carbocycles. The topological polar surface area (TPSA) is 71.1 Å². The molecule has 0 amide bonds. The van der Waals surface area contributed by atoms with Crippen molar-refractivity contribution in [2.75, 3.05) is 26.7 Å². The van der Waals surface area contributed by atoms with Crippen LogP contribution in [0.2, 0.25) is 0 Å². The van der Waals surface area contributed by atoms with Gasteiger partial charge in [-0.1, -0.05) is 0 Å². The minimum absolute atomic E-state index is 0.00259. The molecule has 6 nitrogen and oxygen atoms in total. The first-order chi connectivity index (χ1) is 6.95. The molecule has 0 unspecified atom stereocenters. The third-order valence-electron chi connectivity index (χ3n) is 1.73. The summed E-state index contributed by atoms with van der Waals surface area (Å²) in [5.74, 6) is -0.854. The van der Waals surface area contributed by atoms with Crippen molar-refractivity contribution in [3.8, 4) is 0 Å². The second kappa shape index (κ2) is 6.54. The Hall–Kier alpha value is -0.923. The van der Waals surface area contributed by atoms with Crippen LogP contribution in [0.3, 0.4) is 0 Å². The second-order valence-electron chi connectivity index (χ2n) is 2.88. The molecule has 15 heavy (non-hydrogen) atoms. The van der Waals surface area contributed by atoms with E-state index in [1.807, 2.05) is 0 Å². The van der Waals surface area contributed by atoms with Crippen molar-refractivity contribution < 1.29 is 27.9 Å². The van der Waals surface area contributed by atoms with E-state index in [2.05, 4.69) is 0 Å². The maximum absolute atomic E-state index is 10.6. The van der Waals surface area contributed by atoms with Gasteiger partial charge in [0, 0.05) is 28.1 Å². The zero-order valence-corrected chi connectivity index (χ0v) is 10.4. The van der Waals surface area contributed by atoms with Crippen LogP contribution in [0.15, 0.2) is 0 Å². The standard InChI is InChI=1S/C8H16O6Si/c1-7(9)13-5-15(11-3,12-4)6-14-8(2)10/h5-6H2,1-4H3. The van der Waals surface area contributed by atoms with Crippen LogP contribution in [0.25, 0.3) is 0 Å². The van der Waals surface area contributed by atoms with E-state index >= 15 is 0 Å². The van der Waals surface area contributed by atoms with Gasteiger partial charge < -0.3 is 18.3 Å². The highest BCUT2D eigenvalue weighted by molar-refractivity contribution is 6.67. The maximum atomic E-state index is 10.6. The molecule has 0 radical (unpaired) electrons. The van der Waals surface area contributed by atoms with E-state index in [0.717, 1.165) is 0 Å². The van der Waals surface area contributed by atoms with Gasteiger partial charge in [0.2, 0.25) is 0 Å². The van der Waals surface area contributed by atoms with Crippen LogP contribution < -0.4 is 0 Å². The van der Waals surface area contributed by atoms with Gasteiger partial charge in [-0.15, -0.1) is 0 Å². The van der Waals surface area contributed by atoms with Crippen molar-refractivity contribution in [2.24, 2.45) is 0 Å². The minimum Gasteiger partial charge on any atom is -0.464 e. The first-order valence-corrected chi connectivity index (χ1v) is 6.56. The lowest BCUT2D eigenvalue weighted by Crippen LogP contribution is -2.51. The van der Waals surface area contributed by atoms with Crippen LogP contribution in [-0.4, -0.2) is 47.2 Å². The Morgan fingerprint density at radius 2 is 1.27 bits per heavy atom. The number of ether oxygens (including phenoxy) is 2. The summed E-state index contributed by atoms with van der Waals surface area (Å²) in [5.41, 5.74) is 0. The van der Waals surface area contributed by atoms with Crippen molar-refractivity contribution in [2.45, 2.75) is 13.8 Å². The zero-order chi connectivity index (χ0) is 11.9. The first-order valence-electron chi connectivity index (χ1n) is 4.33. The summed E-state index contributed by atoms with van der Waals surface area (Å²) in [6, 6.07) is 0. The SMILES string of the molecule is CO[Si](COC(C)=O)(COC(C)=O)OC. The van der Waals surface area contributed by atoms with E-state index in [4.69, 9.17) is 18.3 Å². The van der Waals surface area contributed by atoms with Crippen molar-refractivity contribution >= 4 is 20.5 Å². The van der Waals surface area contributed by atoms with Crippen molar-refractivity contribution in [1.29, 1.82) is 0 Å². The lowest BCUT2D eigenvalue weighted by atomic mass is 10.8. The number of rotatable bonds is 6. The highest BCUT2D eigenvalue weighted by Crippen LogP contribution is 2.07. The first kappa shape index (κ1) is 14.1. The molecule has 0 N–H and O–H groups in total. The third kappa shape index (κ3) is 5.50. The van der Waals surface area contributed by atoms with E-state index in [0.29, 0.717) is 0 Å². The van der Waals surface area contributed by atoms with Crippen LogP contribution in [-0.2, 0) is 27.9 Å². The van der Waals surface area contributed by atoms with Gasteiger partial charge in [-0.2, -0.15) is 0 Å². The van der Waals surface area contributed by atoms with Crippen molar-refractivity contribution in [3.05, 3.63) is 0 Å². The summed E-state index contributed by atoms with van der Waals surface area (Å²) < 4.78 is 19.9. The molecule has 0 bridgehead atoms. The van der Waals surface area contributed by atoms with Crippen molar-refractivity contribution in [3.63, 3.8) is 0 Å². The highest BCUT2D eigenvalue weighted by atomic mass is 28.4. The predicted octanol–water partition coefficient (Wildman–Crippen LogP) is -0.0740. The predicted molar refractivity (Wildman–Crippen MR) is 53.0 cm³/mol. The number of esters is 2. The number of hydrogen-bond donors (Lipinski definition) is 0. The van der Waals surface area contributed by atoms with Gasteiger partial charge in [-0.3, -0.25) is 9.59 Å². The van der Waals surface area contributed by atoms with E-state index in [1.54, 1.807) is 0 Å². The van der Waals surface area contributed by atoms with Gasteiger partial charge >= 0.3 is 20.5 Å². The lowest BCUT2D eigenvalue weighted by molar-refractivity contribution is -0.141. The van der Waals surface area contributed by atoms with Gasteiger partial charge in [-0.25, -0.2) is 0 Å². The Morgan fingerprint density at radius 1 is 0.933 bits per heavy atom. The quantitative estimate of drug-likeness (QED) is 0.475. The monoisotopic (exact) mass is 236 g/mol. The molecule has 0 aliphatic rings. The molecular formula is C8H16O6Si. The lowest BCUT2D eigenvalue weighted by Gasteiger charge is -2.25. The summed E-state index contributed by atoms with van der Waals surface area (Å²) in [4.78, 5) is 21.3. The average molecular weight is 236 g/mol. The van der Waals surface area contributed by atoms with Gasteiger partial charge in [0.25, 0.3) is 0 Å². The summed E-state index contributed by atoms with van der Waals surface area (Å²) >= 11 is 0. The molecule has 0 saturated carbocycles. The molecule has 88 valence electrons. The molecule has 0 rings (SSSR count). The summed E-state index contributed by atoms with van der Waals surface area (Å²) in [5, 5.41) is 0. The minimum atomic E-state index is -2.76. The molecule has 0 aliphatic carbocycles. The van der Waals surface area contributed by atoms with E-state index in [1.165, 1.54) is 28.1 Å². The Labute approximate surface area is 89.7 Å². The van der Waals surface area contributed by atoms with Gasteiger partial charge in [0.05, 0.1) is 0 Å². The Kier molecular flexibility index (Phi) is 6.14. The molecule has 0 saturated heterocycles. The summed E-state index contributed by atoms with van der Waals surface area (Å²) in [6.45, 7) is 2.58. The number of carbonyl (C=O) groups is 2. The molecule has 0 spiro atoms. The van der Waals surface area contributed by atoms with Crippen LogP contribution in [0.4, 0.5) is 0 Å². The molecular weight excluding hydrogens is 220 g/mol. The number of carbonyl (C=O) groups excluding carboxylic acids is 2. The second-order valence-corrected chi connectivity index (χ2v) is 6.09. The third-order valence-corrected chi connectivity index (χ3v) is 4.39. The maximum Gasteiger partial charge on any atom is 0.415 e. The summed E-state index contributed by atoms with van der Waals surface area (Å²) in [6.07, 6.45) is 0.00519. The van der Waals surface area contributed by atoms with Crippen LogP contribution >= 0.6 is 0 Å². The molecule has 0 aliphatic heterocycles. The Balaban J connectivity index is 4.29. The molecule has 0 heterocycles. The molecule has 0 fully saturated rings. The van der Waals surface area contributed by atoms with Crippen LogP contribution in [0.5, 0.6) is 0 Å². The van der Waals surface area contributed by atoms with Crippen molar-refractivity contribution in [1.82, 2.24) is 0 Å². The van der Waals surface area contributed by atoms with Gasteiger partial charge in [0.15, 0.2) is 0 Å². The molecule has 0 aromatic heterocycles. The number of hydrogen-bond acceptors (Lipinski definition) is 6. The molecule has 0 aromatic rings. The molecule has 0 atom stereocenters. The Bertz CT molecular complexity index is 205. The Morgan fingerprint density at radius 3 is 1.47 bits per heavy atom. The van der Waals surface area contributed by atoms with Gasteiger partial charge in [0.1, 0.15) is 12.5 Å². The zero-order valence-electron chi connectivity index (χ0n) is 9.36. The van der Waals surface area contributed by atoms with E-state index < -0.39 is 20.5 Å². The van der Waals surface area contributed by atoms with E-state index in [9.17, 15) is 9.59 Å². The van der Waals surface area contributed by atoms with Gasteiger partial charge in [-0.05, 0) is 0 Å². The van der Waals surface area contributed by atoms with E-state index in [-0.39, 0.29) is 12.5 Å². The normalized spacial score (nSPS) is 10.9. The molecule has 7 heteroatoms. The average Bonchev–Trinajstić information content (AvgIpc) is 2.19.